The fraction of sp³-hybridized carbons (Fsp3) is 0. The molecule has 124 valence electrons. The van der Waals surface area contributed by atoms with E-state index in [1.165, 1.54) is 6.21 Å². The van der Waals surface area contributed by atoms with Gasteiger partial charge in [0.15, 0.2) is 0 Å². The van der Waals surface area contributed by atoms with Crippen LogP contribution >= 0.6 is 15.9 Å². The molecule has 0 aromatic heterocycles. The van der Waals surface area contributed by atoms with Crippen molar-refractivity contribution < 1.29 is 9.59 Å². The molecule has 0 unspecified atom stereocenters. The highest BCUT2D eigenvalue weighted by atomic mass is 79.9. The van der Waals surface area contributed by atoms with E-state index in [0.717, 1.165) is 20.8 Å². The maximum absolute atomic E-state index is 12.1. The molecule has 6 heteroatoms. The fourth-order valence-corrected chi connectivity index (χ4v) is 2.69. The first-order chi connectivity index (χ1) is 12.1. The van der Waals surface area contributed by atoms with E-state index < -0.39 is 11.8 Å². The molecule has 0 saturated heterocycles. The van der Waals surface area contributed by atoms with Crippen molar-refractivity contribution in [3.63, 3.8) is 0 Å². The number of fused-ring (bicyclic) bond motifs is 1. The van der Waals surface area contributed by atoms with Crippen LogP contribution in [0.25, 0.3) is 10.8 Å². The Morgan fingerprint density at radius 3 is 2.44 bits per heavy atom. The average molecular weight is 396 g/mol. The Kier molecular flexibility index (Phi) is 5.20. The van der Waals surface area contributed by atoms with Gasteiger partial charge in [0.2, 0.25) is 0 Å². The van der Waals surface area contributed by atoms with Crippen molar-refractivity contribution in [2.75, 3.05) is 5.32 Å². The molecular weight excluding hydrogens is 382 g/mol. The molecular formula is C19H14BrN3O2. The number of rotatable bonds is 3. The summed E-state index contributed by atoms with van der Waals surface area (Å²) in [5.74, 6) is -1.61. The first-order valence-corrected chi connectivity index (χ1v) is 8.31. The lowest BCUT2D eigenvalue weighted by molar-refractivity contribution is -0.136. The Hall–Kier alpha value is -2.99. The summed E-state index contributed by atoms with van der Waals surface area (Å²) < 4.78 is 0.841. The number of amides is 2. The summed E-state index contributed by atoms with van der Waals surface area (Å²) >= 11 is 3.38. The minimum Gasteiger partial charge on any atom is -0.317 e. The maximum atomic E-state index is 12.1. The Balaban J connectivity index is 1.67. The van der Waals surface area contributed by atoms with E-state index in [1.54, 1.807) is 6.07 Å². The van der Waals surface area contributed by atoms with Crippen LogP contribution in [0.3, 0.4) is 0 Å². The predicted molar refractivity (Wildman–Crippen MR) is 102 cm³/mol. The Bertz CT molecular complexity index is 964. The molecule has 25 heavy (non-hydrogen) atoms. The quantitative estimate of drug-likeness (QED) is 0.403. The van der Waals surface area contributed by atoms with Crippen LogP contribution in [0.15, 0.2) is 76.3 Å². The molecule has 0 aliphatic rings. The highest BCUT2D eigenvalue weighted by Crippen LogP contribution is 2.22. The number of nitrogens with zero attached hydrogens (tertiary/aromatic N) is 1. The van der Waals surface area contributed by atoms with Gasteiger partial charge >= 0.3 is 11.8 Å². The van der Waals surface area contributed by atoms with Crippen molar-refractivity contribution in [2.45, 2.75) is 0 Å². The van der Waals surface area contributed by atoms with Crippen LogP contribution in [0.4, 0.5) is 5.69 Å². The number of anilines is 1. The van der Waals surface area contributed by atoms with E-state index >= 15 is 0 Å². The number of nitrogens with one attached hydrogen (secondary N) is 2. The smallest absolute Gasteiger partial charge is 0.317 e. The van der Waals surface area contributed by atoms with Gasteiger partial charge in [-0.1, -0.05) is 70.5 Å². The van der Waals surface area contributed by atoms with E-state index in [4.69, 9.17) is 0 Å². The minimum atomic E-state index is -0.837. The van der Waals surface area contributed by atoms with Crippen molar-refractivity contribution in [1.82, 2.24) is 5.43 Å². The number of halogens is 1. The third kappa shape index (κ3) is 4.10. The van der Waals surface area contributed by atoms with Crippen molar-refractivity contribution >= 4 is 50.4 Å². The highest BCUT2D eigenvalue weighted by molar-refractivity contribution is 9.10. The zero-order valence-corrected chi connectivity index (χ0v) is 14.7. The van der Waals surface area contributed by atoms with Crippen molar-refractivity contribution in [3.8, 4) is 0 Å². The number of hydrogen-bond donors (Lipinski definition) is 2. The number of hydrazone groups is 1. The van der Waals surface area contributed by atoms with Gasteiger partial charge in [0.25, 0.3) is 0 Å². The molecule has 0 heterocycles. The molecule has 2 amide bonds. The molecule has 0 bridgehead atoms. The summed E-state index contributed by atoms with van der Waals surface area (Å²) in [6.07, 6.45) is 1.47. The fourth-order valence-electron chi connectivity index (χ4n) is 2.30. The summed E-state index contributed by atoms with van der Waals surface area (Å²) in [5.41, 5.74) is 3.59. The van der Waals surface area contributed by atoms with E-state index in [9.17, 15) is 9.59 Å². The topological polar surface area (TPSA) is 70.6 Å². The predicted octanol–water partition coefficient (Wildman–Crippen LogP) is 3.69. The second-order valence-electron chi connectivity index (χ2n) is 5.20. The largest absolute Gasteiger partial charge is 0.329 e. The summed E-state index contributed by atoms with van der Waals surface area (Å²) in [6.45, 7) is 0. The third-order valence-electron chi connectivity index (χ3n) is 3.52. The van der Waals surface area contributed by atoms with Gasteiger partial charge in [0.05, 0.1) is 6.21 Å². The first-order valence-electron chi connectivity index (χ1n) is 7.52. The van der Waals surface area contributed by atoms with Gasteiger partial charge in [0, 0.05) is 21.1 Å². The number of carbonyl (C=O) groups excluding carboxylic acids is 2. The number of carbonyl (C=O) groups is 2. The van der Waals surface area contributed by atoms with Crippen LogP contribution in [0.2, 0.25) is 0 Å². The van der Waals surface area contributed by atoms with E-state index in [1.807, 2.05) is 60.7 Å². The molecule has 5 nitrogen and oxygen atoms in total. The molecule has 3 rings (SSSR count). The van der Waals surface area contributed by atoms with E-state index in [0.29, 0.717) is 5.69 Å². The third-order valence-corrected chi connectivity index (χ3v) is 4.24. The molecule has 0 saturated carbocycles. The van der Waals surface area contributed by atoms with Crippen LogP contribution in [0, 0.1) is 0 Å². The molecule has 0 aliphatic heterocycles. The van der Waals surface area contributed by atoms with Crippen LogP contribution in [-0.2, 0) is 9.59 Å². The summed E-state index contributed by atoms with van der Waals surface area (Å²) in [6, 6.07) is 20.5. The van der Waals surface area contributed by atoms with Crippen molar-refractivity contribution in [2.24, 2.45) is 5.10 Å². The van der Waals surface area contributed by atoms with Crippen LogP contribution < -0.4 is 10.7 Å². The molecule has 3 aromatic carbocycles. The van der Waals surface area contributed by atoms with E-state index in [2.05, 4.69) is 31.8 Å². The van der Waals surface area contributed by atoms with Gasteiger partial charge in [-0.3, -0.25) is 9.59 Å². The summed E-state index contributed by atoms with van der Waals surface area (Å²) in [4.78, 5) is 24.0. The minimum absolute atomic E-state index is 0.577. The van der Waals surface area contributed by atoms with Crippen LogP contribution in [0.1, 0.15) is 5.56 Å². The van der Waals surface area contributed by atoms with Gasteiger partial charge < -0.3 is 5.32 Å². The summed E-state index contributed by atoms with van der Waals surface area (Å²) in [5, 5.41) is 8.27. The molecule has 0 fully saturated rings. The first kappa shape index (κ1) is 16.9. The Morgan fingerprint density at radius 1 is 0.880 bits per heavy atom. The normalized spacial score (nSPS) is 10.8. The molecule has 0 atom stereocenters. The Morgan fingerprint density at radius 2 is 1.60 bits per heavy atom. The molecule has 0 aliphatic carbocycles. The highest BCUT2D eigenvalue weighted by Gasteiger charge is 2.14. The zero-order chi connectivity index (χ0) is 17.6. The van der Waals surface area contributed by atoms with Crippen LogP contribution in [-0.4, -0.2) is 18.0 Å². The lowest BCUT2D eigenvalue weighted by atomic mass is 10.1. The molecule has 3 aromatic rings. The molecule has 0 spiro atoms. The molecule has 0 radical (unpaired) electrons. The average Bonchev–Trinajstić information content (AvgIpc) is 2.63. The lowest BCUT2D eigenvalue weighted by Crippen LogP contribution is -2.32. The maximum Gasteiger partial charge on any atom is 0.329 e. The molecule has 2 N–H and O–H groups in total. The van der Waals surface area contributed by atoms with Gasteiger partial charge in [-0.05, 0) is 17.5 Å². The van der Waals surface area contributed by atoms with Crippen LogP contribution in [0.5, 0.6) is 0 Å². The number of hydrogen-bond acceptors (Lipinski definition) is 3. The summed E-state index contributed by atoms with van der Waals surface area (Å²) in [7, 11) is 0. The lowest BCUT2D eigenvalue weighted by Gasteiger charge is -2.07. The van der Waals surface area contributed by atoms with E-state index in [-0.39, 0.29) is 0 Å². The Labute approximate surface area is 152 Å². The van der Waals surface area contributed by atoms with Gasteiger partial charge in [-0.2, -0.15) is 5.10 Å². The second kappa shape index (κ2) is 7.72. The number of benzene rings is 3. The second-order valence-corrected chi connectivity index (χ2v) is 6.06. The van der Waals surface area contributed by atoms with Crippen molar-refractivity contribution in [1.29, 1.82) is 0 Å². The standard InChI is InChI=1S/C19H14BrN3O2/c20-16-10-4-2-7-14(16)12-21-23-19(25)18(24)22-17-11-5-8-13-6-1-3-9-15(13)17/h1-12H,(H,22,24)(H,23,25). The zero-order valence-electron chi connectivity index (χ0n) is 13.1. The monoisotopic (exact) mass is 395 g/mol. The SMILES string of the molecule is O=C(NN=Cc1ccccc1Br)C(=O)Nc1cccc2ccccc12. The van der Waals surface area contributed by atoms with Gasteiger partial charge in [-0.15, -0.1) is 0 Å². The van der Waals surface area contributed by atoms with Gasteiger partial charge in [-0.25, -0.2) is 5.43 Å². The van der Waals surface area contributed by atoms with Crippen molar-refractivity contribution in [3.05, 3.63) is 76.8 Å². The van der Waals surface area contributed by atoms with Gasteiger partial charge in [0.1, 0.15) is 0 Å².